The van der Waals surface area contributed by atoms with Gasteiger partial charge in [0.2, 0.25) is 5.91 Å². The van der Waals surface area contributed by atoms with Crippen LogP contribution in [0.4, 0.5) is 0 Å². The Kier molecular flexibility index (Phi) is 5.84. The minimum Gasteiger partial charge on any atom is -0.481 e. The van der Waals surface area contributed by atoms with Crippen molar-refractivity contribution in [3.05, 3.63) is 30.1 Å². The van der Waals surface area contributed by atoms with Gasteiger partial charge in [0.25, 0.3) is 0 Å². The molecule has 0 aromatic carbocycles. The van der Waals surface area contributed by atoms with E-state index in [1.807, 2.05) is 12.1 Å². The maximum Gasteiger partial charge on any atom is 0.303 e. The van der Waals surface area contributed by atoms with Crippen molar-refractivity contribution in [3.8, 4) is 0 Å². The van der Waals surface area contributed by atoms with Crippen LogP contribution in [-0.2, 0) is 16.0 Å². The molecule has 1 atom stereocenters. The molecule has 1 unspecified atom stereocenters. The molecule has 0 radical (unpaired) electrons. The van der Waals surface area contributed by atoms with Gasteiger partial charge in [-0.15, -0.1) is 0 Å². The smallest absolute Gasteiger partial charge is 0.303 e. The van der Waals surface area contributed by atoms with Crippen LogP contribution in [0.25, 0.3) is 0 Å². The van der Waals surface area contributed by atoms with E-state index in [9.17, 15) is 9.59 Å². The van der Waals surface area contributed by atoms with Gasteiger partial charge in [-0.1, -0.05) is 13.0 Å². The first-order valence-electron chi connectivity index (χ1n) is 5.95. The fourth-order valence-electron chi connectivity index (χ4n) is 1.55. The normalized spacial score (nSPS) is 11.8. The van der Waals surface area contributed by atoms with E-state index in [1.165, 1.54) is 0 Å². The molecule has 1 aromatic rings. The van der Waals surface area contributed by atoms with Gasteiger partial charge in [-0.05, 0) is 24.0 Å². The monoisotopic (exact) mass is 250 g/mol. The van der Waals surface area contributed by atoms with Crippen LogP contribution in [0.5, 0.6) is 0 Å². The maximum atomic E-state index is 11.5. The Morgan fingerprint density at radius 3 is 2.89 bits per heavy atom. The minimum absolute atomic E-state index is 0.0511. The third-order valence-corrected chi connectivity index (χ3v) is 2.53. The number of aryl methyl sites for hydroxylation is 1. The van der Waals surface area contributed by atoms with Crippen molar-refractivity contribution in [2.45, 2.75) is 26.2 Å². The topological polar surface area (TPSA) is 79.3 Å². The first kappa shape index (κ1) is 14.2. The van der Waals surface area contributed by atoms with E-state index in [4.69, 9.17) is 5.11 Å². The Bertz CT molecular complexity index is 392. The number of aliphatic carboxylic acids is 1. The van der Waals surface area contributed by atoms with Crippen LogP contribution in [0.3, 0.4) is 0 Å². The summed E-state index contributed by atoms with van der Waals surface area (Å²) in [5.74, 6) is -0.951. The van der Waals surface area contributed by atoms with Crippen molar-refractivity contribution >= 4 is 11.9 Å². The predicted octanol–water partition coefficient (Wildman–Crippen LogP) is 1.24. The SMILES string of the molecule is CC(CNC(=O)CCc1cccnc1)CC(=O)O. The number of carboxylic acids is 1. The Balaban J connectivity index is 2.20. The number of hydrogen-bond acceptors (Lipinski definition) is 3. The van der Waals surface area contributed by atoms with Crippen LogP contribution in [0.2, 0.25) is 0 Å². The van der Waals surface area contributed by atoms with E-state index in [1.54, 1.807) is 19.3 Å². The molecule has 0 saturated heterocycles. The van der Waals surface area contributed by atoms with E-state index < -0.39 is 5.97 Å². The summed E-state index contributed by atoms with van der Waals surface area (Å²) < 4.78 is 0. The van der Waals surface area contributed by atoms with Crippen molar-refractivity contribution in [3.63, 3.8) is 0 Å². The standard InChI is InChI=1S/C13H18N2O3/c1-10(7-13(17)18)8-15-12(16)5-4-11-3-2-6-14-9-11/h2-3,6,9-10H,4-5,7-8H2,1H3,(H,15,16)(H,17,18). The molecule has 18 heavy (non-hydrogen) atoms. The van der Waals surface area contributed by atoms with Crippen molar-refractivity contribution in [2.75, 3.05) is 6.54 Å². The highest BCUT2D eigenvalue weighted by atomic mass is 16.4. The van der Waals surface area contributed by atoms with Crippen molar-refractivity contribution in [1.82, 2.24) is 10.3 Å². The van der Waals surface area contributed by atoms with Gasteiger partial charge in [-0.25, -0.2) is 0 Å². The van der Waals surface area contributed by atoms with Gasteiger partial charge < -0.3 is 10.4 Å². The molecule has 2 N–H and O–H groups in total. The molecular formula is C13H18N2O3. The van der Waals surface area contributed by atoms with E-state index in [2.05, 4.69) is 10.3 Å². The lowest BCUT2D eigenvalue weighted by Crippen LogP contribution is -2.29. The Morgan fingerprint density at radius 2 is 2.28 bits per heavy atom. The second-order valence-corrected chi connectivity index (χ2v) is 4.37. The molecule has 5 nitrogen and oxygen atoms in total. The molecule has 1 rings (SSSR count). The lowest BCUT2D eigenvalue weighted by atomic mass is 10.1. The van der Waals surface area contributed by atoms with Crippen LogP contribution in [0, 0.1) is 5.92 Å². The molecule has 1 aromatic heterocycles. The first-order valence-corrected chi connectivity index (χ1v) is 5.95. The molecule has 1 amide bonds. The molecule has 0 fully saturated rings. The number of carbonyl (C=O) groups excluding carboxylic acids is 1. The summed E-state index contributed by atoms with van der Waals surface area (Å²) in [6, 6.07) is 3.76. The summed E-state index contributed by atoms with van der Waals surface area (Å²) in [6.45, 7) is 2.20. The van der Waals surface area contributed by atoms with Crippen LogP contribution in [0.1, 0.15) is 25.3 Å². The second-order valence-electron chi connectivity index (χ2n) is 4.37. The summed E-state index contributed by atoms with van der Waals surface area (Å²) in [4.78, 5) is 25.9. The van der Waals surface area contributed by atoms with E-state index in [0.717, 1.165) is 5.56 Å². The average Bonchev–Trinajstić information content (AvgIpc) is 2.34. The minimum atomic E-state index is -0.841. The molecule has 0 saturated carbocycles. The van der Waals surface area contributed by atoms with Crippen molar-refractivity contribution < 1.29 is 14.7 Å². The molecule has 1 heterocycles. The summed E-state index contributed by atoms with van der Waals surface area (Å²) in [5.41, 5.74) is 1.02. The van der Waals surface area contributed by atoms with E-state index in [0.29, 0.717) is 19.4 Å². The molecule has 0 aliphatic heterocycles. The molecule has 0 aliphatic carbocycles. The van der Waals surface area contributed by atoms with Crippen LogP contribution in [0.15, 0.2) is 24.5 Å². The Hall–Kier alpha value is -1.91. The number of nitrogens with one attached hydrogen (secondary N) is 1. The van der Waals surface area contributed by atoms with Crippen LogP contribution < -0.4 is 5.32 Å². The number of nitrogens with zero attached hydrogens (tertiary/aromatic N) is 1. The van der Waals surface area contributed by atoms with Gasteiger partial charge in [-0.3, -0.25) is 14.6 Å². The lowest BCUT2D eigenvalue weighted by Gasteiger charge is -2.10. The largest absolute Gasteiger partial charge is 0.481 e. The highest BCUT2D eigenvalue weighted by molar-refractivity contribution is 5.76. The highest BCUT2D eigenvalue weighted by Crippen LogP contribution is 2.02. The van der Waals surface area contributed by atoms with Crippen molar-refractivity contribution in [2.24, 2.45) is 5.92 Å². The van der Waals surface area contributed by atoms with Crippen LogP contribution in [-0.4, -0.2) is 28.5 Å². The number of pyridine rings is 1. The number of rotatable bonds is 7. The highest BCUT2D eigenvalue weighted by Gasteiger charge is 2.09. The van der Waals surface area contributed by atoms with Crippen molar-refractivity contribution in [1.29, 1.82) is 0 Å². The maximum absolute atomic E-state index is 11.5. The fourth-order valence-corrected chi connectivity index (χ4v) is 1.55. The van der Waals surface area contributed by atoms with E-state index in [-0.39, 0.29) is 18.2 Å². The number of amides is 1. The second kappa shape index (κ2) is 7.42. The number of aromatic nitrogens is 1. The first-order chi connectivity index (χ1) is 8.58. The zero-order valence-corrected chi connectivity index (χ0v) is 10.4. The zero-order chi connectivity index (χ0) is 13.4. The summed E-state index contributed by atoms with van der Waals surface area (Å²) in [5, 5.41) is 11.3. The molecule has 98 valence electrons. The third-order valence-electron chi connectivity index (χ3n) is 2.53. The third kappa shape index (κ3) is 5.98. The zero-order valence-electron chi connectivity index (χ0n) is 10.4. The Labute approximate surface area is 106 Å². The predicted molar refractivity (Wildman–Crippen MR) is 67.0 cm³/mol. The van der Waals surface area contributed by atoms with Gasteiger partial charge in [0.1, 0.15) is 0 Å². The number of carboxylic acid groups (broad SMARTS) is 1. The fraction of sp³-hybridized carbons (Fsp3) is 0.462. The average molecular weight is 250 g/mol. The van der Waals surface area contributed by atoms with Gasteiger partial charge >= 0.3 is 5.97 Å². The molecule has 0 bridgehead atoms. The van der Waals surface area contributed by atoms with Gasteiger partial charge in [0, 0.05) is 31.8 Å². The van der Waals surface area contributed by atoms with Gasteiger partial charge in [-0.2, -0.15) is 0 Å². The molecule has 0 aliphatic rings. The number of hydrogen-bond donors (Lipinski definition) is 2. The van der Waals surface area contributed by atoms with Crippen LogP contribution >= 0.6 is 0 Å². The van der Waals surface area contributed by atoms with Gasteiger partial charge in [0.05, 0.1) is 0 Å². The summed E-state index contributed by atoms with van der Waals surface area (Å²) in [6.07, 6.45) is 4.54. The molecular weight excluding hydrogens is 232 g/mol. The molecule has 0 spiro atoms. The number of carbonyl (C=O) groups is 2. The quantitative estimate of drug-likeness (QED) is 0.763. The Morgan fingerprint density at radius 1 is 1.50 bits per heavy atom. The molecule has 5 heteroatoms. The van der Waals surface area contributed by atoms with Gasteiger partial charge in [0.15, 0.2) is 0 Å². The van der Waals surface area contributed by atoms with E-state index >= 15 is 0 Å². The summed E-state index contributed by atoms with van der Waals surface area (Å²) >= 11 is 0. The lowest BCUT2D eigenvalue weighted by molar-refractivity contribution is -0.138. The summed E-state index contributed by atoms with van der Waals surface area (Å²) in [7, 11) is 0.